The van der Waals surface area contributed by atoms with E-state index in [-0.39, 0.29) is 11.8 Å². The molecular weight excluding hydrogens is 324 g/mol. The fourth-order valence-corrected chi connectivity index (χ4v) is 2.89. The van der Waals surface area contributed by atoms with Crippen molar-refractivity contribution in [1.29, 1.82) is 0 Å². The monoisotopic (exact) mass is 342 g/mol. The maximum Gasteiger partial charge on any atom is 0.256 e. The molecular formula is C18H19ClN4O. The second-order valence-electron chi connectivity index (χ2n) is 6.12. The van der Waals surface area contributed by atoms with Crippen LogP contribution in [0.15, 0.2) is 30.3 Å². The minimum absolute atomic E-state index is 0.192. The number of aryl methyl sites for hydroxylation is 2. The number of halogens is 1. The normalized spacial score (nSPS) is 11.2. The molecule has 0 atom stereocenters. The Balaban J connectivity index is 2.11. The van der Waals surface area contributed by atoms with E-state index in [2.05, 4.69) is 29.2 Å². The molecule has 0 bridgehead atoms. The van der Waals surface area contributed by atoms with Gasteiger partial charge in [0.25, 0.3) is 5.91 Å². The largest absolute Gasteiger partial charge is 0.322 e. The number of pyridine rings is 1. The van der Waals surface area contributed by atoms with Gasteiger partial charge in [-0.05, 0) is 37.1 Å². The number of nitrogens with zero attached hydrogens (tertiary/aromatic N) is 3. The van der Waals surface area contributed by atoms with Gasteiger partial charge in [-0.1, -0.05) is 31.5 Å². The Labute approximate surface area is 145 Å². The van der Waals surface area contributed by atoms with Crippen molar-refractivity contribution in [2.45, 2.75) is 26.7 Å². The predicted octanol–water partition coefficient (Wildman–Crippen LogP) is 4.31. The van der Waals surface area contributed by atoms with Crippen molar-refractivity contribution >= 4 is 34.2 Å². The van der Waals surface area contributed by atoms with Gasteiger partial charge in [-0.2, -0.15) is 5.10 Å². The standard InChI is InChI=1S/C18H19ClN4O/c1-10(2)15-9-14(16-11(3)22-23(4)17(16)21-15)18(24)20-13-7-5-6-12(19)8-13/h5-10H,1-4H3,(H,20,24). The quantitative estimate of drug-likeness (QED) is 0.771. The molecule has 24 heavy (non-hydrogen) atoms. The average molecular weight is 343 g/mol. The van der Waals surface area contributed by atoms with Crippen molar-refractivity contribution in [3.05, 3.63) is 52.3 Å². The molecule has 1 N–H and O–H groups in total. The summed E-state index contributed by atoms with van der Waals surface area (Å²) in [5, 5.41) is 8.67. The van der Waals surface area contributed by atoms with E-state index in [1.807, 2.05) is 26.1 Å². The molecule has 2 heterocycles. The van der Waals surface area contributed by atoms with E-state index < -0.39 is 0 Å². The zero-order valence-electron chi connectivity index (χ0n) is 14.1. The predicted molar refractivity (Wildman–Crippen MR) is 96.7 cm³/mol. The van der Waals surface area contributed by atoms with E-state index in [1.54, 1.807) is 22.9 Å². The maximum absolute atomic E-state index is 12.9. The van der Waals surface area contributed by atoms with Crippen molar-refractivity contribution in [2.24, 2.45) is 7.05 Å². The first-order chi connectivity index (χ1) is 11.4. The zero-order chi connectivity index (χ0) is 17.4. The molecule has 0 saturated carbocycles. The van der Waals surface area contributed by atoms with Crippen molar-refractivity contribution < 1.29 is 4.79 Å². The van der Waals surface area contributed by atoms with Gasteiger partial charge in [-0.3, -0.25) is 9.48 Å². The average Bonchev–Trinajstić information content (AvgIpc) is 2.81. The summed E-state index contributed by atoms with van der Waals surface area (Å²) in [4.78, 5) is 17.5. The molecule has 0 fully saturated rings. The summed E-state index contributed by atoms with van der Waals surface area (Å²) in [6, 6.07) is 8.94. The lowest BCUT2D eigenvalue weighted by molar-refractivity contribution is 0.102. The molecule has 1 aromatic carbocycles. The van der Waals surface area contributed by atoms with Crippen LogP contribution in [0.2, 0.25) is 5.02 Å². The van der Waals surface area contributed by atoms with Gasteiger partial charge in [-0.25, -0.2) is 4.98 Å². The minimum Gasteiger partial charge on any atom is -0.322 e. The van der Waals surface area contributed by atoms with Gasteiger partial charge < -0.3 is 5.32 Å². The fraction of sp³-hybridized carbons (Fsp3) is 0.278. The SMILES string of the molecule is Cc1nn(C)c2nc(C(C)C)cc(C(=O)Nc3cccc(Cl)c3)c12. The van der Waals surface area contributed by atoms with E-state index in [0.29, 0.717) is 16.3 Å². The number of anilines is 1. The Bertz CT molecular complexity index is 930. The van der Waals surface area contributed by atoms with E-state index >= 15 is 0 Å². The highest BCUT2D eigenvalue weighted by Gasteiger charge is 2.19. The lowest BCUT2D eigenvalue weighted by atomic mass is 10.0. The van der Waals surface area contributed by atoms with Crippen LogP contribution in [-0.4, -0.2) is 20.7 Å². The van der Waals surface area contributed by atoms with Crippen LogP contribution in [0, 0.1) is 6.92 Å². The molecule has 5 nitrogen and oxygen atoms in total. The number of fused-ring (bicyclic) bond motifs is 1. The molecule has 3 rings (SSSR count). The second-order valence-corrected chi connectivity index (χ2v) is 6.56. The highest BCUT2D eigenvalue weighted by Crippen LogP contribution is 2.26. The Morgan fingerprint density at radius 3 is 2.71 bits per heavy atom. The van der Waals surface area contributed by atoms with Crippen LogP contribution in [0.25, 0.3) is 11.0 Å². The van der Waals surface area contributed by atoms with Crippen molar-refractivity contribution in [3.8, 4) is 0 Å². The van der Waals surface area contributed by atoms with Crippen LogP contribution >= 0.6 is 11.6 Å². The minimum atomic E-state index is -0.192. The summed E-state index contributed by atoms with van der Waals surface area (Å²) in [6.07, 6.45) is 0. The molecule has 2 aromatic heterocycles. The van der Waals surface area contributed by atoms with E-state index in [0.717, 1.165) is 22.4 Å². The van der Waals surface area contributed by atoms with Crippen LogP contribution in [0.3, 0.4) is 0 Å². The first kappa shape index (κ1) is 16.5. The summed E-state index contributed by atoms with van der Waals surface area (Å²) in [7, 11) is 1.84. The maximum atomic E-state index is 12.9. The molecule has 0 aliphatic carbocycles. The van der Waals surface area contributed by atoms with E-state index in [9.17, 15) is 4.79 Å². The van der Waals surface area contributed by atoms with Crippen molar-refractivity contribution in [1.82, 2.24) is 14.8 Å². The zero-order valence-corrected chi connectivity index (χ0v) is 14.8. The summed E-state index contributed by atoms with van der Waals surface area (Å²) >= 11 is 5.99. The lowest BCUT2D eigenvalue weighted by Gasteiger charge is -2.11. The number of hydrogen-bond donors (Lipinski definition) is 1. The molecule has 6 heteroatoms. The van der Waals surface area contributed by atoms with Crippen LogP contribution in [0.4, 0.5) is 5.69 Å². The van der Waals surface area contributed by atoms with Crippen molar-refractivity contribution in [2.75, 3.05) is 5.32 Å². The first-order valence-electron chi connectivity index (χ1n) is 7.78. The number of hydrogen-bond acceptors (Lipinski definition) is 3. The number of rotatable bonds is 3. The molecule has 124 valence electrons. The highest BCUT2D eigenvalue weighted by molar-refractivity contribution is 6.31. The number of nitrogens with one attached hydrogen (secondary N) is 1. The van der Waals surface area contributed by atoms with Crippen LogP contribution in [0.5, 0.6) is 0 Å². The number of carbonyl (C=O) groups is 1. The van der Waals surface area contributed by atoms with Crippen LogP contribution < -0.4 is 5.32 Å². The third kappa shape index (κ3) is 2.99. The Kier molecular flexibility index (Phi) is 4.28. The Morgan fingerprint density at radius 2 is 2.04 bits per heavy atom. The second kappa shape index (κ2) is 6.24. The highest BCUT2D eigenvalue weighted by atomic mass is 35.5. The number of aromatic nitrogens is 3. The van der Waals surface area contributed by atoms with Crippen LogP contribution in [0.1, 0.15) is 41.5 Å². The van der Waals surface area contributed by atoms with Gasteiger partial charge in [-0.15, -0.1) is 0 Å². The molecule has 0 spiro atoms. The summed E-state index contributed by atoms with van der Waals surface area (Å²) < 4.78 is 1.71. The fourth-order valence-electron chi connectivity index (χ4n) is 2.70. The molecule has 0 aliphatic rings. The van der Waals surface area contributed by atoms with Gasteiger partial charge in [0.05, 0.1) is 16.6 Å². The Hall–Kier alpha value is -2.40. The van der Waals surface area contributed by atoms with Gasteiger partial charge in [0.15, 0.2) is 5.65 Å². The molecule has 3 aromatic rings. The van der Waals surface area contributed by atoms with Gasteiger partial charge in [0.2, 0.25) is 0 Å². The first-order valence-corrected chi connectivity index (χ1v) is 8.15. The van der Waals surface area contributed by atoms with Crippen LogP contribution in [-0.2, 0) is 7.05 Å². The summed E-state index contributed by atoms with van der Waals surface area (Å²) in [6.45, 7) is 5.99. The van der Waals surface area contributed by atoms with Gasteiger partial charge in [0.1, 0.15) is 0 Å². The molecule has 0 saturated heterocycles. The van der Waals surface area contributed by atoms with Gasteiger partial charge in [0, 0.05) is 23.5 Å². The number of amides is 1. The van der Waals surface area contributed by atoms with E-state index in [1.165, 1.54) is 0 Å². The third-order valence-corrected chi connectivity index (χ3v) is 4.14. The molecule has 1 amide bonds. The summed E-state index contributed by atoms with van der Waals surface area (Å²) in [5.41, 5.74) is 3.60. The molecule has 0 unspecified atom stereocenters. The smallest absolute Gasteiger partial charge is 0.256 e. The topological polar surface area (TPSA) is 59.8 Å². The summed E-state index contributed by atoms with van der Waals surface area (Å²) in [5.74, 6) is 0.0185. The number of carbonyl (C=O) groups excluding carboxylic acids is 1. The van der Waals surface area contributed by atoms with Gasteiger partial charge >= 0.3 is 0 Å². The molecule has 0 radical (unpaired) electrons. The number of benzene rings is 1. The van der Waals surface area contributed by atoms with E-state index in [4.69, 9.17) is 11.6 Å². The Morgan fingerprint density at radius 1 is 1.29 bits per heavy atom. The lowest BCUT2D eigenvalue weighted by Crippen LogP contribution is -2.14. The third-order valence-electron chi connectivity index (χ3n) is 3.91. The van der Waals surface area contributed by atoms with Crippen molar-refractivity contribution in [3.63, 3.8) is 0 Å². The molecule has 0 aliphatic heterocycles.